The van der Waals surface area contributed by atoms with Gasteiger partial charge in [0.05, 0.1) is 19.6 Å². The Morgan fingerprint density at radius 1 is 1.35 bits per heavy atom. The maximum absolute atomic E-state index is 8.77. The molecule has 1 rings (SSSR count). The molecule has 0 saturated heterocycles. The summed E-state index contributed by atoms with van der Waals surface area (Å²) in [5.74, 6) is 1.47. The van der Waals surface area contributed by atoms with E-state index in [0.29, 0.717) is 30.8 Å². The molecule has 1 aromatic heterocycles. The summed E-state index contributed by atoms with van der Waals surface area (Å²) in [6.45, 7) is 8.28. The zero-order chi connectivity index (χ0) is 15.0. The number of nitriles is 1. The van der Waals surface area contributed by atoms with Crippen LogP contribution >= 0.6 is 0 Å². The number of hydrogen-bond donors (Lipinski definition) is 1. The normalized spacial score (nSPS) is 10.2. The van der Waals surface area contributed by atoms with E-state index >= 15 is 0 Å². The second-order valence-electron chi connectivity index (χ2n) is 4.72. The second kappa shape index (κ2) is 8.15. The van der Waals surface area contributed by atoms with Gasteiger partial charge in [-0.15, -0.1) is 0 Å². The van der Waals surface area contributed by atoms with E-state index in [1.54, 1.807) is 0 Å². The maximum atomic E-state index is 8.77. The van der Waals surface area contributed by atoms with Gasteiger partial charge >= 0.3 is 6.01 Å². The van der Waals surface area contributed by atoms with Gasteiger partial charge in [-0.2, -0.15) is 20.2 Å². The van der Waals surface area contributed by atoms with E-state index in [2.05, 4.69) is 40.2 Å². The molecule has 0 fully saturated rings. The highest BCUT2D eigenvalue weighted by atomic mass is 16.5. The highest BCUT2D eigenvalue weighted by Gasteiger charge is 2.15. The SMILES string of the molecule is CCNc1nc(OC)nc(N(CCC#N)CC(C)C)n1. The summed E-state index contributed by atoms with van der Waals surface area (Å²) in [6.07, 6.45) is 0.428. The quantitative estimate of drug-likeness (QED) is 0.774. The number of ether oxygens (including phenoxy) is 1. The number of nitrogens with one attached hydrogen (secondary N) is 1. The summed E-state index contributed by atoms with van der Waals surface area (Å²) in [5.41, 5.74) is 0. The molecule has 110 valence electrons. The minimum absolute atomic E-state index is 0.275. The third-order valence-corrected chi connectivity index (χ3v) is 2.48. The summed E-state index contributed by atoms with van der Waals surface area (Å²) >= 11 is 0. The molecule has 0 aromatic carbocycles. The molecule has 7 heteroatoms. The average molecular weight is 278 g/mol. The molecule has 0 unspecified atom stereocenters. The van der Waals surface area contributed by atoms with Gasteiger partial charge < -0.3 is 15.0 Å². The van der Waals surface area contributed by atoms with Crippen LogP contribution in [0.25, 0.3) is 0 Å². The van der Waals surface area contributed by atoms with Gasteiger partial charge in [0.15, 0.2) is 0 Å². The zero-order valence-corrected chi connectivity index (χ0v) is 12.6. The highest BCUT2D eigenvalue weighted by Crippen LogP contribution is 2.16. The molecule has 0 radical (unpaired) electrons. The van der Waals surface area contributed by atoms with E-state index in [4.69, 9.17) is 10.00 Å². The van der Waals surface area contributed by atoms with Crippen LogP contribution in [0.1, 0.15) is 27.2 Å². The molecule has 20 heavy (non-hydrogen) atoms. The lowest BCUT2D eigenvalue weighted by Gasteiger charge is -2.23. The van der Waals surface area contributed by atoms with Crippen molar-refractivity contribution in [2.24, 2.45) is 5.92 Å². The molecule has 1 N–H and O–H groups in total. The standard InChI is InChI=1S/C13H22N6O/c1-5-15-11-16-12(18-13(17-11)20-4)19(8-6-7-14)9-10(2)3/h10H,5-6,8-9H2,1-4H3,(H,15,16,17,18). The van der Waals surface area contributed by atoms with Gasteiger partial charge in [0.2, 0.25) is 11.9 Å². The first kappa shape index (κ1) is 16.0. The molecule has 7 nitrogen and oxygen atoms in total. The largest absolute Gasteiger partial charge is 0.467 e. The Morgan fingerprint density at radius 3 is 2.65 bits per heavy atom. The second-order valence-corrected chi connectivity index (χ2v) is 4.72. The van der Waals surface area contributed by atoms with Gasteiger partial charge in [-0.25, -0.2) is 0 Å². The lowest BCUT2D eigenvalue weighted by atomic mass is 10.2. The Morgan fingerprint density at radius 2 is 2.10 bits per heavy atom. The predicted octanol–water partition coefficient (Wildman–Crippen LogP) is 1.69. The molecule has 1 heterocycles. The van der Waals surface area contributed by atoms with Crippen molar-refractivity contribution in [3.05, 3.63) is 0 Å². The van der Waals surface area contributed by atoms with Crippen LogP contribution in [-0.4, -0.2) is 41.7 Å². The summed E-state index contributed by atoms with van der Waals surface area (Å²) in [6, 6.07) is 2.42. The molecule has 0 saturated carbocycles. The third kappa shape index (κ3) is 4.88. The van der Waals surface area contributed by atoms with Crippen molar-refractivity contribution in [2.75, 3.05) is 37.0 Å². The van der Waals surface area contributed by atoms with E-state index in [1.807, 2.05) is 11.8 Å². The fourth-order valence-electron chi connectivity index (χ4n) is 1.71. The van der Waals surface area contributed by atoms with E-state index in [-0.39, 0.29) is 6.01 Å². The van der Waals surface area contributed by atoms with Crippen LogP contribution in [0.4, 0.5) is 11.9 Å². The summed E-state index contributed by atoms with van der Waals surface area (Å²) in [4.78, 5) is 14.8. The fourth-order valence-corrected chi connectivity index (χ4v) is 1.71. The molecule has 0 aliphatic carbocycles. The molecule has 0 spiro atoms. The lowest BCUT2D eigenvalue weighted by molar-refractivity contribution is 0.378. The van der Waals surface area contributed by atoms with Gasteiger partial charge in [-0.1, -0.05) is 13.8 Å². The smallest absolute Gasteiger partial charge is 0.322 e. The predicted molar refractivity (Wildman–Crippen MR) is 77.8 cm³/mol. The fraction of sp³-hybridized carbons (Fsp3) is 0.692. The number of nitrogens with zero attached hydrogens (tertiary/aromatic N) is 5. The van der Waals surface area contributed by atoms with Crippen molar-refractivity contribution < 1.29 is 4.74 Å². The molecule has 1 aromatic rings. The molecule has 0 aliphatic heterocycles. The molecular weight excluding hydrogens is 256 g/mol. The van der Waals surface area contributed by atoms with Crippen LogP contribution < -0.4 is 15.0 Å². The van der Waals surface area contributed by atoms with Gasteiger partial charge in [0.25, 0.3) is 0 Å². The highest BCUT2D eigenvalue weighted by molar-refractivity contribution is 5.38. The van der Waals surface area contributed by atoms with Crippen molar-refractivity contribution in [3.8, 4) is 12.1 Å². The van der Waals surface area contributed by atoms with Crippen molar-refractivity contribution in [2.45, 2.75) is 27.2 Å². The first-order chi connectivity index (χ1) is 9.60. The van der Waals surface area contributed by atoms with E-state index in [0.717, 1.165) is 13.1 Å². The van der Waals surface area contributed by atoms with E-state index in [9.17, 15) is 0 Å². The first-order valence-corrected chi connectivity index (χ1v) is 6.76. The minimum atomic E-state index is 0.275. The van der Waals surface area contributed by atoms with Gasteiger partial charge in [0.1, 0.15) is 0 Å². The van der Waals surface area contributed by atoms with Crippen molar-refractivity contribution in [1.29, 1.82) is 5.26 Å². The molecule has 0 amide bonds. The van der Waals surface area contributed by atoms with Crippen molar-refractivity contribution in [1.82, 2.24) is 15.0 Å². The summed E-state index contributed by atoms with van der Waals surface area (Å²) < 4.78 is 5.11. The molecular formula is C13H22N6O. The Hall–Kier alpha value is -2.10. The van der Waals surface area contributed by atoms with E-state index < -0.39 is 0 Å². The Kier molecular flexibility index (Phi) is 6.50. The number of aromatic nitrogens is 3. The number of hydrogen-bond acceptors (Lipinski definition) is 7. The lowest BCUT2D eigenvalue weighted by Crippen LogP contribution is -2.30. The van der Waals surface area contributed by atoms with Gasteiger partial charge in [-0.3, -0.25) is 0 Å². The Balaban J connectivity index is 3.03. The minimum Gasteiger partial charge on any atom is -0.467 e. The van der Waals surface area contributed by atoms with Crippen molar-refractivity contribution >= 4 is 11.9 Å². The summed E-state index contributed by atoms with van der Waals surface area (Å²) in [7, 11) is 1.52. The van der Waals surface area contributed by atoms with Crippen LogP contribution in [0.15, 0.2) is 0 Å². The topological polar surface area (TPSA) is 87.0 Å². The maximum Gasteiger partial charge on any atom is 0.322 e. The summed E-state index contributed by atoms with van der Waals surface area (Å²) in [5, 5.41) is 11.8. The Bertz CT molecular complexity index is 457. The molecule has 0 bridgehead atoms. The van der Waals surface area contributed by atoms with Crippen LogP contribution in [0.5, 0.6) is 6.01 Å². The monoisotopic (exact) mass is 278 g/mol. The third-order valence-electron chi connectivity index (χ3n) is 2.48. The van der Waals surface area contributed by atoms with Crippen LogP contribution in [0.3, 0.4) is 0 Å². The average Bonchev–Trinajstić information content (AvgIpc) is 2.43. The Labute approximate surface area is 120 Å². The number of methoxy groups -OCH3 is 1. The molecule has 0 aliphatic rings. The number of anilines is 2. The number of rotatable bonds is 8. The molecule has 0 atom stereocenters. The zero-order valence-electron chi connectivity index (χ0n) is 12.6. The van der Waals surface area contributed by atoms with Crippen LogP contribution in [-0.2, 0) is 0 Å². The first-order valence-electron chi connectivity index (χ1n) is 6.76. The van der Waals surface area contributed by atoms with Crippen LogP contribution in [0, 0.1) is 17.2 Å². The van der Waals surface area contributed by atoms with Gasteiger partial charge in [-0.05, 0) is 12.8 Å². The van der Waals surface area contributed by atoms with Crippen LogP contribution in [0.2, 0.25) is 0 Å². The van der Waals surface area contributed by atoms with Gasteiger partial charge in [0, 0.05) is 19.6 Å². The van der Waals surface area contributed by atoms with E-state index in [1.165, 1.54) is 7.11 Å². The van der Waals surface area contributed by atoms with Crippen molar-refractivity contribution in [3.63, 3.8) is 0 Å².